The monoisotopic (exact) mass is 360 g/mol. The number of nitrogen functional groups attached to an aromatic ring is 1. The number of nitrogens with one attached hydrogen (secondary N) is 2. The van der Waals surface area contributed by atoms with Crippen LogP contribution in [0.4, 0.5) is 5.82 Å². The number of likely N-dealkylation sites (N-methyl/N-ethyl adjacent to an activating group) is 1. The molecule has 2 fully saturated rings. The van der Waals surface area contributed by atoms with Gasteiger partial charge in [-0.1, -0.05) is 0 Å². The van der Waals surface area contributed by atoms with Crippen LogP contribution in [0.3, 0.4) is 0 Å². The van der Waals surface area contributed by atoms with Gasteiger partial charge in [0.15, 0.2) is 6.29 Å². The van der Waals surface area contributed by atoms with Crippen molar-refractivity contribution in [3.8, 4) is 0 Å². The van der Waals surface area contributed by atoms with Crippen molar-refractivity contribution in [2.75, 3.05) is 12.3 Å². The average molecular weight is 360 g/mol. The molecule has 2 atom stereocenters. The molecule has 2 aliphatic rings. The van der Waals surface area contributed by atoms with Gasteiger partial charge in [-0.3, -0.25) is 14.9 Å². The fraction of sp³-hybridized carbons (Fsp3) is 0.611. The third-order valence-corrected chi connectivity index (χ3v) is 5.87. The minimum atomic E-state index is -0.974. The number of aldehydes is 1. The molecule has 1 aromatic rings. The van der Waals surface area contributed by atoms with Crippen molar-refractivity contribution in [2.45, 2.75) is 44.1 Å². The predicted molar refractivity (Wildman–Crippen MR) is 99.8 cm³/mol. The van der Waals surface area contributed by atoms with E-state index in [0.29, 0.717) is 48.3 Å². The van der Waals surface area contributed by atoms with Crippen molar-refractivity contribution in [1.29, 1.82) is 5.41 Å². The van der Waals surface area contributed by atoms with Crippen molar-refractivity contribution >= 4 is 17.9 Å². The number of anilines is 1. The van der Waals surface area contributed by atoms with Crippen LogP contribution in [0.5, 0.6) is 0 Å². The largest absolute Gasteiger partial charge is 0.386 e. The Morgan fingerprint density at radius 1 is 1.46 bits per heavy atom. The summed E-state index contributed by atoms with van der Waals surface area (Å²) in [4.78, 5) is 11.4. The van der Waals surface area contributed by atoms with E-state index in [2.05, 4.69) is 10.4 Å². The van der Waals surface area contributed by atoms with Gasteiger partial charge in [0.25, 0.3) is 0 Å². The van der Waals surface area contributed by atoms with E-state index in [-0.39, 0.29) is 11.8 Å². The maximum absolute atomic E-state index is 11.4. The van der Waals surface area contributed by atoms with Crippen LogP contribution in [0.2, 0.25) is 0 Å². The first-order valence-corrected chi connectivity index (χ1v) is 9.09. The number of nitrogens with two attached hydrogens (primary N) is 2. The Balaban J connectivity index is 1.78. The Bertz CT molecular complexity index is 739. The number of carbonyl (C=O) groups excluding carboxylic acids is 1. The van der Waals surface area contributed by atoms with Gasteiger partial charge in [-0.2, -0.15) is 5.10 Å². The smallest absolute Gasteiger partial charge is 0.155 e. The van der Waals surface area contributed by atoms with Crippen LogP contribution in [-0.4, -0.2) is 39.2 Å². The number of amidine groups is 1. The molecule has 7 N–H and O–H groups in total. The van der Waals surface area contributed by atoms with E-state index in [0.717, 1.165) is 24.8 Å². The number of rotatable bonds is 6. The van der Waals surface area contributed by atoms with Crippen molar-refractivity contribution in [2.24, 2.45) is 24.6 Å². The summed E-state index contributed by atoms with van der Waals surface area (Å²) in [5.74, 6) is 1.23. The molecule has 0 bridgehead atoms. The number of aromatic nitrogens is 2. The average Bonchev–Trinajstić information content (AvgIpc) is 3.17. The second kappa shape index (κ2) is 6.75. The second-order valence-corrected chi connectivity index (χ2v) is 7.60. The van der Waals surface area contributed by atoms with Gasteiger partial charge in [0.05, 0.1) is 11.3 Å². The molecule has 2 aliphatic carbocycles. The van der Waals surface area contributed by atoms with Gasteiger partial charge < -0.3 is 21.9 Å². The zero-order valence-corrected chi connectivity index (χ0v) is 15.3. The van der Waals surface area contributed by atoms with E-state index < -0.39 is 5.60 Å². The summed E-state index contributed by atoms with van der Waals surface area (Å²) >= 11 is 0. The van der Waals surface area contributed by atoms with Crippen LogP contribution < -0.4 is 16.8 Å². The van der Waals surface area contributed by atoms with E-state index in [1.54, 1.807) is 11.7 Å². The molecule has 0 aromatic carbocycles. The van der Waals surface area contributed by atoms with Crippen molar-refractivity contribution in [3.63, 3.8) is 0 Å². The predicted octanol–water partition coefficient (Wildman–Crippen LogP) is 0.879. The van der Waals surface area contributed by atoms with Gasteiger partial charge in [-0.15, -0.1) is 0 Å². The first kappa shape index (κ1) is 18.4. The lowest BCUT2D eigenvalue weighted by Crippen LogP contribution is -2.37. The Morgan fingerprint density at radius 2 is 2.08 bits per heavy atom. The fourth-order valence-electron chi connectivity index (χ4n) is 4.80. The van der Waals surface area contributed by atoms with Crippen molar-refractivity contribution in [1.82, 2.24) is 15.1 Å². The van der Waals surface area contributed by atoms with Crippen LogP contribution in [0, 0.1) is 17.2 Å². The summed E-state index contributed by atoms with van der Waals surface area (Å²) in [5, 5.41) is 26.3. The highest BCUT2D eigenvalue weighted by atomic mass is 16.3. The number of hydrogen-bond donors (Lipinski definition) is 5. The quantitative estimate of drug-likeness (QED) is 0.289. The second-order valence-electron chi connectivity index (χ2n) is 7.60. The molecule has 3 rings (SSSR count). The number of fused-ring (bicyclic) bond motifs is 1. The van der Waals surface area contributed by atoms with E-state index in [1.165, 1.54) is 6.08 Å². The summed E-state index contributed by atoms with van der Waals surface area (Å²) in [5.41, 5.74) is 12.4. The lowest BCUT2D eigenvalue weighted by molar-refractivity contribution is 0.0689. The maximum atomic E-state index is 11.4. The zero-order valence-electron chi connectivity index (χ0n) is 15.3. The fourth-order valence-corrected chi connectivity index (χ4v) is 4.80. The van der Waals surface area contributed by atoms with E-state index >= 15 is 0 Å². The highest BCUT2D eigenvalue weighted by molar-refractivity contribution is 5.89. The molecule has 8 nitrogen and oxygen atoms in total. The SMILES string of the molecule is CCN/C(=C\C(=N)N)C1(O)CC2CC(c3nn(C)c(N)c3C=O)CC2C1. The maximum Gasteiger partial charge on any atom is 0.155 e. The molecular weight excluding hydrogens is 332 g/mol. The molecule has 2 saturated carbocycles. The zero-order chi connectivity index (χ0) is 19.1. The summed E-state index contributed by atoms with van der Waals surface area (Å²) in [6, 6.07) is 0. The molecule has 26 heavy (non-hydrogen) atoms. The summed E-state index contributed by atoms with van der Waals surface area (Å²) in [7, 11) is 1.75. The molecule has 2 unspecified atom stereocenters. The molecule has 0 saturated heterocycles. The number of carbonyl (C=O) groups is 1. The number of nitrogens with zero attached hydrogens (tertiary/aromatic N) is 2. The number of aryl methyl sites for hydroxylation is 1. The Labute approximate surface area is 153 Å². The van der Waals surface area contributed by atoms with E-state index in [1.807, 2.05) is 6.92 Å². The number of hydrogen-bond acceptors (Lipinski definition) is 6. The first-order valence-electron chi connectivity index (χ1n) is 9.09. The normalized spacial score (nSPS) is 31.0. The van der Waals surface area contributed by atoms with E-state index in [9.17, 15) is 9.90 Å². The molecular formula is C18H28N6O2. The molecule has 0 radical (unpaired) electrons. The molecule has 1 aromatic heterocycles. The van der Waals surface area contributed by atoms with Gasteiger partial charge in [0, 0.05) is 31.3 Å². The molecule has 0 amide bonds. The van der Waals surface area contributed by atoms with Crippen LogP contribution in [-0.2, 0) is 7.05 Å². The van der Waals surface area contributed by atoms with Gasteiger partial charge in [-0.25, -0.2) is 0 Å². The minimum Gasteiger partial charge on any atom is -0.386 e. The first-order chi connectivity index (χ1) is 12.3. The Hall–Kier alpha value is -2.35. The molecule has 0 spiro atoms. The van der Waals surface area contributed by atoms with Crippen LogP contribution in [0.25, 0.3) is 0 Å². The topological polar surface area (TPSA) is 143 Å². The summed E-state index contributed by atoms with van der Waals surface area (Å²) < 4.78 is 1.56. The van der Waals surface area contributed by atoms with Crippen LogP contribution >= 0.6 is 0 Å². The Kier molecular flexibility index (Phi) is 4.79. The van der Waals surface area contributed by atoms with Crippen LogP contribution in [0.15, 0.2) is 11.8 Å². The lowest BCUT2D eigenvalue weighted by Gasteiger charge is -2.28. The molecule has 1 heterocycles. The molecule has 142 valence electrons. The van der Waals surface area contributed by atoms with Gasteiger partial charge in [0.1, 0.15) is 17.3 Å². The van der Waals surface area contributed by atoms with Gasteiger partial charge >= 0.3 is 0 Å². The summed E-state index contributed by atoms with van der Waals surface area (Å²) in [6.07, 6.45) is 5.32. The third kappa shape index (κ3) is 3.09. The van der Waals surface area contributed by atoms with Gasteiger partial charge in [0.2, 0.25) is 0 Å². The third-order valence-electron chi connectivity index (χ3n) is 5.87. The number of aliphatic hydroxyl groups is 1. The Morgan fingerprint density at radius 3 is 2.58 bits per heavy atom. The van der Waals surface area contributed by atoms with Crippen molar-refractivity contribution < 1.29 is 9.90 Å². The molecule has 0 aliphatic heterocycles. The van der Waals surface area contributed by atoms with Crippen LogP contribution in [0.1, 0.15) is 54.6 Å². The standard InChI is InChI=1S/C18H28N6O2/c1-3-22-14(6-15(19)20)18(26)7-11-4-10(5-12(11)8-18)16-13(9-25)17(21)24(2)23-16/h6,9-12,22,26H,3-5,7-8,21H2,1-2H3,(H3,19,20)/b14-6-. The minimum absolute atomic E-state index is 0.0658. The molecule has 8 heteroatoms. The summed E-state index contributed by atoms with van der Waals surface area (Å²) in [6.45, 7) is 2.62. The highest BCUT2D eigenvalue weighted by Crippen LogP contribution is 2.55. The highest BCUT2D eigenvalue weighted by Gasteiger charge is 2.51. The van der Waals surface area contributed by atoms with E-state index in [4.69, 9.17) is 16.9 Å². The van der Waals surface area contributed by atoms with Crippen molar-refractivity contribution in [3.05, 3.63) is 23.0 Å². The van der Waals surface area contributed by atoms with Gasteiger partial charge in [-0.05, 0) is 44.4 Å². The lowest BCUT2D eigenvalue weighted by atomic mass is 9.89.